The molecule has 0 aromatic carbocycles. The van der Waals surface area contributed by atoms with Crippen LogP contribution in [-0.2, 0) is 16.1 Å². The molecular formula is C11H12N6O3. The Morgan fingerprint density at radius 1 is 1.65 bits per heavy atom. The fourth-order valence-electron chi connectivity index (χ4n) is 1.66. The van der Waals surface area contributed by atoms with Crippen molar-refractivity contribution in [1.29, 1.82) is 5.26 Å². The number of amides is 2. The number of carbonyl (C=O) groups excluding carboxylic acids is 2. The Labute approximate surface area is 114 Å². The molecule has 0 saturated heterocycles. The van der Waals surface area contributed by atoms with Crippen molar-refractivity contribution in [2.75, 3.05) is 13.2 Å². The van der Waals surface area contributed by atoms with Crippen LogP contribution >= 0.6 is 0 Å². The van der Waals surface area contributed by atoms with Crippen molar-refractivity contribution in [2.45, 2.75) is 13.5 Å². The highest BCUT2D eigenvalue weighted by atomic mass is 16.5. The van der Waals surface area contributed by atoms with Crippen molar-refractivity contribution in [2.24, 2.45) is 0 Å². The molecular weight excluding hydrogens is 264 g/mol. The lowest BCUT2D eigenvalue weighted by atomic mass is 10.1. The lowest BCUT2D eigenvalue weighted by Crippen LogP contribution is -2.44. The van der Waals surface area contributed by atoms with Crippen molar-refractivity contribution < 1.29 is 14.3 Å². The summed E-state index contributed by atoms with van der Waals surface area (Å²) in [4.78, 5) is 26.9. The molecule has 0 saturated carbocycles. The summed E-state index contributed by atoms with van der Waals surface area (Å²) in [5.74, 6) is -0.487. The monoisotopic (exact) mass is 276 g/mol. The Hall–Kier alpha value is -2.89. The van der Waals surface area contributed by atoms with E-state index in [1.807, 2.05) is 0 Å². The van der Waals surface area contributed by atoms with E-state index in [0.29, 0.717) is 11.3 Å². The largest absolute Gasteiger partial charge is 0.463 e. The summed E-state index contributed by atoms with van der Waals surface area (Å²) in [6.07, 6.45) is 1.35. The van der Waals surface area contributed by atoms with E-state index < -0.39 is 12.0 Å². The number of nitrogens with one attached hydrogen (secondary N) is 2. The highest BCUT2D eigenvalue weighted by Gasteiger charge is 2.24. The van der Waals surface area contributed by atoms with Gasteiger partial charge in [-0.25, -0.2) is 19.3 Å². The number of hydrogen-bond donors (Lipinski definition) is 2. The first-order valence-electron chi connectivity index (χ1n) is 5.87. The molecule has 1 aliphatic heterocycles. The van der Waals surface area contributed by atoms with E-state index in [1.54, 1.807) is 13.0 Å². The van der Waals surface area contributed by atoms with Crippen LogP contribution in [0.5, 0.6) is 0 Å². The predicted octanol–water partition coefficient (Wildman–Crippen LogP) is -0.720. The summed E-state index contributed by atoms with van der Waals surface area (Å²) >= 11 is 0. The lowest BCUT2D eigenvalue weighted by molar-refractivity contribution is -0.138. The van der Waals surface area contributed by atoms with Gasteiger partial charge < -0.3 is 15.4 Å². The Balaban J connectivity index is 2.24. The van der Waals surface area contributed by atoms with Gasteiger partial charge in [0.05, 0.1) is 31.0 Å². The summed E-state index contributed by atoms with van der Waals surface area (Å²) < 4.78 is 6.29. The fourth-order valence-corrected chi connectivity index (χ4v) is 1.66. The Morgan fingerprint density at radius 3 is 3.10 bits per heavy atom. The van der Waals surface area contributed by atoms with E-state index in [4.69, 9.17) is 10.00 Å². The average Bonchev–Trinajstić information content (AvgIpc) is 2.87. The van der Waals surface area contributed by atoms with Crippen LogP contribution in [0, 0.1) is 11.3 Å². The molecule has 2 rings (SSSR count). The second-order valence-corrected chi connectivity index (χ2v) is 3.86. The third kappa shape index (κ3) is 2.92. The van der Waals surface area contributed by atoms with Crippen molar-refractivity contribution in [1.82, 2.24) is 25.4 Å². The van der Waals surface area contributed by atoms with Gasteiger partial charge in [0, 0.05) is 0 Å². The molecule has 104 valence electrons. The Bertz CT molecular complexity index is 612. The molecule has 0 spiro atoms. The number of urea groups is 1. The van der Waals surface area contributed by atoms with Crippen LogP contribution in [-0.4, -0.2) is 39.9 Å². The van der Waals surface area contributed by atoms with Crippen molar-refractivity contribution in [3.8, 4) is 6.07 Å². The number of nitrogens with zero attached hydrogens (tertiary/aromatic N) is 4. The maximum atomic E-state index is 11.8. The molecule has 1 aromatic heterocycles. The van der Waals surface area contributed by atoms with Gasteiger partial charge >= 0.3 is 12.0 Å². The van der Waals surface area contributed by atoms with Crippen LogP contribution in [0.15, 0.2) is 17.6 Å². The van der Waals surface area contributed by atoms with E-state index in [1.165, 1.54) is 11.0 Å². The Morgan fingerprint density at radius 2 is 2.45 bits per heavy atom. The second kappa shape index (κ2) is 5.83. The minimum Gasteiger partial charge on any atom is -0.463 e. The first-order chi connectivity index (χ1) is 9.63. The number of carbonyl (C=O) groups is 2. The summed E-state index contributed by atoms with van der Waals surface area (Å²) in [5.41, 5.74) is 0.696. The molecule has 0 atom stereocenters. The van der Waals surface area contributed by atoms with Gasteiger partial charge in [-0.2, -0.15) is 5.26 Å². The third-order valence-corrected chi connectivity index (χ3v) is 2.53. The summed E-state index contributed by atoms with van der Waals surface area (Å²) in [5, 5.41) is 17.6. The number of nitriles is 1. The van der Waals surface area contributed by atoms with Crippen LogP contribution in [0.1, 0.15) is 12.7 Å². The minimum atomic E-state index is -0.504. The van der Waals surface area contributed by atoms with E-state index in [-0.39, 0.29) is 25.5 Å². The molecule has 9 nitrogen and oxygen atoms in total. The van der Waals surface area contributed by atoms with Gasteiger partial charge in [0.2, 0.25) is 0 Å². The molecule has 1 aliphatic rings. The third-order valence-electron chi connectivity index (χ3n) is 2.53. The van der Waals surface area contributed by atoms with Gasteiger partial charge in [-0.1, -0.05) is 0 Å². The zero-order chi connectivity index (χ0) is 14.5. The van der Waals surface area contributed by atoms with Crippen molar-refractivity contribution in [3.63, 3.8) is 0 Å². The zero-order valence-corrected chi connectivity index (χ0v) is 10.7. The average molecular weight is 276 g/mol. The lowest BCUT2D eigenvalue weighted by Gasteiger charge is -2.21. The molecule has 1 aromatic rings. The summed E-state index contributed by atoms with van der Waals surface area (Å²) in [6, 6.07) is 1.39. The quantitative estimate of drug-likeness (QED) is 0.700. The number of esters is 1. The van der Waals surface area contributed by atoms with Crippen LogP contribution in [0.4, 0.5) is 4.79 Å². The molecule has 0 fully saturated rings. The summed E-state index contributed by atoms with van der Waals surface area (Å²) in [6.45, 7) is 2.14. The molecule has 2 amide bonds. The molecule has 20 heavy (non-hydrogen) atoms. The zero-order valence-electron chi connectivity index (χ0n) is 10.7. The molecule has 2 N–H and O–H groups in total. The van der Waals surface area contributed by atoms with Gasteiger partial charge in [-0.3, -0.25) is 0 Å². The van der Waals surface area contributed by atoms with Crippen LogP contribution in [0.3, 0.4) is 0 Å². The minimum absolute atomic E-state index is 0.0172. The SMILES string of the molecule is CCOC(=O)C1=C(Cn2cnc(C#N)n2)NC(=O)NC1. The predicted molar refractivity (Wildman–Crippen MR) is 64.9 cm³/mol. The first kappa shape index (κ1) is 13.5. The normalized spacial score (nSPS) is 14.3. The topological polar surface area (TPSA) is 122 Å². The first-order valence-corrected chi connectivity index (χ1v) is 5.87. The standard InChI is InChI=1S/C11H12N6O3/c1-2-20-10(18)7-4-13-11(19)15-8(7)5-17-6-14-9(3-12)16-17/h6H,2,4-5H2,1H3,(H2,13,15,19). The fraction of sp³-hybridized carbons (Fsp3) is 0.364. The van der Waals surface area contributed by atoms with Gasteiger partial charge in [0.25, 0.3) is 5.82 Å². The molecule has 0 unspecified atom stereocenters. The number of allylic oxidation sites excluding steroid dienone is 1. The molecule has 9 heteroatoms. The van der Waals surface area contributed by atoms with E-state index in [0.717, 1.165) is 0 Å². The molecule has 2 heterocycles. The van der Waals surface area contributed by atoms with E-state index >= 15 is 0 Å². The molecule has 0 bridgehead atoms. The maximum Gasteiger partial charge on any atom is 0.337 e. The van der Waals surface area contributed by atoms with Gasteiger partial charge in [0.15, 0.2) is 0 Å². The van der Waals surface area contributed by atoms with E-state index in [9.17, 15) is 9.59 Å². The number of hydrogen-bond acceptors (Lipinski definition) is 6. The maximum absolute atomic E-state index is 11.8. The van der Waals surface area contributed by atoms with Crippen molar-refractivity contribution >= 4 is 12.0 Å². The van der Waals surface area contributed by atoms with E-state index in [2.05, 4.69) is 20.7 Å². The Kier molecular flexibility index (Phi) is 3.95. The van der Waals surface area contributed by atoms with Crippen LogP contribution in [0.2, 0.25) is 0 Å². The van der Waals surface area contributed by atoms with Crippen LogP contribution in [0.25, 0.3) is 0 Å². The number of aromatic nitrogens is 3. The van der Waals surface area contributed by atoms with Gasteiger partial charge in [0.1, 0.15) is 12.4 Å². The van der Waals surface area contributed by atoms with Crippen LogP contribution < -0.4 is 10.6 Å². The molecule has 0 aliphatic carbocycles. The highest BCUT2D eigenvalue weighted by Crippen LogP contribution is 2.10. The second-order valence-electron chi connectivity index (χ2n) is 3.86. The number of rotatable bonds is 4. The smallest absolute Gasteiger partial charge is 0.337 e. The van der Waals surface area contributed by atoms with Crippen molar-refractivity contribution in [3.05, 3.63) is 23.4 Å². The molecule has 0 radical (unpaired) electrons. The summed E-state index contributed by atoms with van der Waals surface area (Å²) in [7, 11) is 0. The van der Waals surface area contributed by atoms with Gasteiger partial charge in [-0.05, 0) is 6.92 Å². The highest BCUT2D eigenvalue weighted by molar-refractivity contribution is 5.93. The van der Waals surface area contributed by atoms with Gasteiger partial charge in [-0.15, -0.1) is 5.10 Å². The number of ether oxygens (including phenoxy) is 1.